The van der Waals surface area contributed by atoms with Crippen molar-refractivity contribution in [2.75, 3.05) is 6.54 Å². The lowest BCUT2D eigenvalue weighted by molar-refractivity contribution is -0.126. The summed E-state index contributed by atoms with van der Waals surface area (Å²) in [4.78, 5) is 12.2. The molecule has 1 rings (SSSR count). The number of thiocarbonyl (C=S) groups is 1. The van der Waals surface area contributed by atoms with E-state index in [-0.39, 0.29) is 16.7 Å². The van der Waals surface area contributed by atoms with Gasteiger partial charge in [-0.15, -0.1) is 0 Å². The van der Waals surface area contributed by atoms with Gasteiger partial charge in [0.15, 0.2) is 0 Å². The van der Waals surface area contributed by atoms with Crippen molar-refractivity contribution < 1.29 is 9.18 Å². The SMILES string of the molecule is CCC(C)(C(=O)NCCc1ccc(F)cc1)C(N)=S. The van der Waals surface area contributed by atoms with Gasteiger partial charge >= 0.3 is 0 Å². The van der Waals surface area contributed by atoms with Gasteiger partial charge < -0.3 is 11.1 Å². The van der Waals surface area contributed by atoms with E-state index in [1.807, 2.05) is 6.92 Å². The largest absolute Gasteiger partial charge is 0.392 e. The van der Waals surface area contributed by atoms with Crippen molar-refractivity contribution in [2.45, 2.75) is 26.7 Å². The zero-order valence-corrected chi connectivity index (χ0v) is 12.0. The molecule has 1 unspecified atom stereocenters. The van der Waals surface area contributed by atoms with E-state index >= 15 is 0 Å². The molecule has 0 aliphatic rings. The molecule has 104 valence electrons. The summed E-state index contributed by atoms with van der Waals surface area (Å²) < 4.78 is 12.7. The molecule has 1 atom stereocenters. The molecule has 0 heterocycles. The standard InChI is InChI=1S/C14H19FN2OS/c1-3-14(2,12(16)19)13(18)17-9-8-10-4-6-11(15)7-5-10/h4-7H,3,8-9H2,1-2H3,(H2,16,19)(H,17,18). The number of rotatable bonds is 6. The lowest BCUT2D eigenvalue weighted by atomic mass is 9.86. The van der Waals surface area contributed by atoms with Crippen molar-refractivity contribution >= 4 is 23.1 Å². The molecule has 0 aliphatic carbocycles. The van der Waals surface area contributed by atoms with Crippen molar-refractivity contribution in [1.82, 2.24) is 5.32 Å². The first kappa shape index (κ1) is 15.6. The summed E-state index contributed by atoms with van der Waals surface area (Å²) in [5.74, 6) is -0.426. The summed E-state index contributed by atoms with van der Waals surface area (Å²) in [7, 11) is 0. The second kappa shape index (κ2) is 6.61. The molecule has 3 N–H and O–H groups in total. The van der Waals surface area contributed by atoms with Crippen molar-refractivity contribution in [3.8, 4) is 0 Å². The van der Waals surface area contributed by atoms with E-state index in [1.54, 1.807) is 19.1 Å². The number of benzene rings is 1. The maximum Gasteiger partial charge on any atom is 0.232 e. The summed E-state index contributed by atoms with van der Waals surface area (Å²) in [5.41, 5.74) is 5.77. The molecule has 0 saturated heterocycles. The molecule has 19 heavy (non-hydrogen) atoms. The average molecular weight is 282 g/mol. The number of carbonyl (C=O) groups is 1. The Hall–Kier alpha value is -1.49. The highest BCUT2D eigenvalue weighted by atomic mass is 32.1. The third kappa shape index (κ3) is 3.99. The first-order valence-electron chi connectivity index (χ1n) is 6.23. The molecule has 3 nitrogen and oxygen atoms in total. The molecule has 5 heteroatoms. The molecule has 0 radical (unpaired) electrons. The highest BCUT2D eigenvalue weighted by Gasteiger charge is 2.34. The zero-order valence-electron chi connectivity index (χ0n) is 11.2. The second-order valence-electron chi connectivity index (χ2n) is 4.68. The van der Waals surface area contributed by atoms with Crippen LogP contribution < -0.4 is 11.1 Å². The Bertz CT molecular complexity index is 461. The molecular formula is C14H19FN2OS. The topological polar surface area (TPSA) is 55.1 Å². The highest BCUT2D eigenvalue weighted by Crippen LogP contribution is 2.21. The molecular weight excluding hydrogens is 263 g/mol. The van der Waals surface area contributed by atoms with Gasteiger partial charge in [0.25, 0.3) is 0 Å². The Morgan fingerprint density at radius 1 is 1.42 bits per heavy atom. The van der Waals surface area contributed by atoms with E-state index in [4.69, 9.17) is 18.0 Å². The van der Waals surface area contributed by atoms with Gasteiger partial charge in [-0.3, -0.25) is 4.79 Å². The Balaban J connectivity index is 2.51. The highest BCUT2D eigenvalue weighted by molar-refractivity contribution is 7.80. The van der Waals surface area contributed by atoms with Gasteiger partial charge in [0, 0.05) is 6.54 Å². The number of carbonyl (C=O) groups excluding carboxylic acids is 1. The summed E-state index contributed by atoms with van der Waals surface area (Å²) in [6.07, 6.45) is 1.20. The van der Waals surface area contributed by atoms with Crippen LogP contribution in [0.2, 0.25) is 0 Å². The van der Waals surface area contributed by atoms with E-state index in [1.165, 1.54) is 12.1 Å². The van der Waals surface area contributed by atoms with Crippen LogP contribution in [-0.2, 0) is 11.2 Å². The van der Waals surface area contributed by atoms with Gasteiger partial charge in [-0.05, 0) is 37.5 Å². The zero-order chi connectivity index (χ0) is 14.5. The molecule has 0 spiro atoms. The number of nitrogens with two attached hydrogens (primary N) is 1. The molecule has 0 fully saturated rings. The van der Waals surface area contributed by atoms with Crippen LogP contribution in [0.1, 0.15) is 25.8 Å². The van der Waals surface area contributed by atoms with Crippen molar-refractivity contribution in [3.05, 3.63) is 35.6 Å². The summed E-state index contributed by atoms with van der Waals surface area (Å²) >= 11 is 4.94. The van der Waals surface area contributed by atoms with E-state index in [9.17, 15) is 9.18 Å². The number of hydrogen-bond donors (Lipinski definition) is 2. The molecule has 0 saturated carbocycles. The van der Waals surface area contributed by atoms with Crippen LogP contribution in [0.5, 0.6) is 0 Å². The smallest absolute Gasteiger partial charge is 0.232 e. The minimum Gasteiger partial charge on any atom is -0.392 e. The number of amides is 1. The molecule has 1 aromatic carbocycles. The van der Waals surface area contributed by atoms with Crippen molar-refractivity contribution in [1.29, 1.82) is 0 Å². The van der Waals surface area contributed by atoms with Gasteiger partial charge in [0.1, 0.15) is 5.82 Å². The predicted molar refractivity (Wildman–Crippen MR) is 78.3 cm³/mol. The van der Waals surface area contributed by atoms with E-state index in [0.717, 1.165) is 5.56 Å². The van der Waals surface area contributed by atoms with Gasteiger partial charge in [-0.1, -0.05) is 31.3 Å². The normalized spacial score (nSPS) is 13.6. The van der Waals surface area contributed by atoms with Crippen LogP contribution in [0.25, 0.3) is 0 Å². The van der Waals surface area contributed by atoms with Gasteiger partial charge in [0.05, 0.1) is 10.4 Å². The van der Waals surface area contributed by atoms with E-state index < -0.39 is 5.41 Å². The summed E-state index contributed by atoms with van der Waals surface area (Å²) in [5, 5.41) is 2.82. The number of hydrogen-bond acceptors (Lipinski definition) is 2. The van der Waals surface area contributed by atoms with Gasteiger partial charge in [-0.25, -0.2) is 4.39 Å². The van der Waals surface area contributed by atoms with Crippen LogP contribution in [0.3, 0.4) is 0 Å². The van der Waals surface area contributed by atoms with Crippen LogP contribution in [-0.4, -0.2) is 17.4 Å². The van der Waals surface area contributed by atoms with E-state index in [2.05, 4.69) is 5.32 Å². The quantitative estimate of drug-likeness (QED) is 0.786. The molecule has 0 aliphatic heterocycles. The van der Waals surface area contributed by atoms with Crippen molar-refractivity contribution in [3.63, 3.8) is 0 Å². The minimum absolute atomic E-state index is 0.162. The maximum absolute atomic E-state index is 12.7. The first-order chi connectivity index (χ1) is 8.90. The fraction of sp³-hybridized carbons (Fsp3) is 0.429. The Morgan fingerprint density at radius 3 is 2.47 bits per heavy atom. The minimum atomic E-state index is -0.807. The third-order valence-corrected chi connectivity index (χ3v) is 3.82. The van der Waals surface area contributed by atoms with Crippen molar-refractivity contribution in [2.24, 2.45) is 11.1 Å². The third-order valence-electron chi connectivity index (χ3n) is 3.36. The summed E-state index contributed by atoms with van der Waals surface area (Å²) in [6, 6.07) is 6.22. The predicted octanol–water partition coefficient (Wildman–Crippen LogP) is 2.19. The van der Waals surface area contributed by atoms with Crippen LogP contribution in [0.4, 0.5) is 4.39 Å². The van der Waals surface area contributed by atoms with Crippen LogP contribution in [0.15, 0.2) is 24.3 Å². The second-order valence-corrected chi connectivity index (χ2v) is 5.12. The Kier molecular flexibility index (Phi) is 5.42. The molecule has 0 aromatic heterocycles. The first-order valence-corrected chi connectivity index (χ1v) is 6.63. The summed E-state index contributed by atoms with van der Waals surface area (Å²) in [6.45, 7) is 4.09. The van der Waals surface area contributed by atoms with Gasteiger partial charge in [-0.2, -0.15) is 0 Å². The fourth-order valence-electron chi connectivity index (χ4n) is 1.61. The van der Waals surface area contributed by atoms with Gasteiger partial charge in [0.2, 0.25) is 5.91 Å². The molecule has 1 aromatic rings. The average Bonchev–Trinajstić information content (AvgIpc) is 2.39. The molecule has 1 amide bonds. The Labute approximate surface area is 118 Å². The monoisotopic (exact) mass is 282 g/mol. The fourth-order valence-corrected chi connectivity index (χ4v) is 1.85. The number of halogens is 1. The van der Waals surface area contributed by atoms with Crippen LogP contribution >= 0.6 is 12.2 Å². The lowest BCUT2D eigenvalue weighted by Crippen LogP contribution is -2.47. The van der Waals surface area contributed by atoms with E-state index in [0.29, 0.717) is 19.4 Å². The number of nitrogens with one attached hydrogen (secondary N) is 1. The molecule has 0 bridgehead atoms. The lowest BCUT2D eigenvalue weighted by Gasteiger charge is -2.25. The van der Waals surface area contributed by atoms with Crippen LogP contribution in [0, 0.1) is 11.2 Å². The maximum atomic E-state index is 12.7. The Morgan fingerprint density at radius 2 is 2.00 bits per heavy atom.